The molecule has 6 heteroatoms. The van der Waals surface area contributed by atoms with E-state index in [9.17, 15) is 14.5 Å². The first-order chi connectivity index (χ1) is 9.06. The van der Waals surface area contributed by atoms with Gasteiger partial charge in [-0.3, -0.25) is 10.1 Å². The Labute approximate surface area is 112 Å². The predicted molar refractivity (Wildman–Crippen MR) is 73.9 cm³/mol. The highest BCUT2D eigenvalue weighted by Crippen LogP contribution is 2.19. The molecule has 0 saturated carbocycles. The molecule has 0 radical (unpaired) electrons. The summed E-state index contributed by atoms with van der Waals surface area (Å²) >= 11 is 0. The van der Waals surface area contributed by atoms with Gasteiger partial charge in [0, 0.05) is 18.3 Å². The molecule has 1 N–H and O–H groups in total. The minimum Gasteiger partial charge on any atom is -0.385 e. The summed E-state index contributed by atoms with van der Waals surface area (Å²) in [7, 11) is 0. The minimum absolute atomic E-state index is 0.230. The number of nitro groups is 1. The summed E-state index contributed by atoms with van der Waals surface area (Å²) < 4.78 is 13.2. The van der Waals surface area contributed by atoms with Crippen LogP contribution in [0, 0.1) is 15.9 Å². The molecule has 0 fully saturated rings. The van der Waals surface area contributed by atoms with Gasteiger partial charge in [0.1, 0.15) is 5.82 Å². The molecule has 0 heterocycles. The standard InChI is InChI=1S/C13H20FN3O2/c1-3-16(4-2)7-5-6-15-12-8-11(14)9-13(10-12)17(18)19/h8-10,15H,3-7H2,1-2H3. The SMILES string of the molecule is CCN(CC)CCCNc1cc(F)cc([N+](=O)[O-])c1. The van der Waals surface area contributed by atoms with Crippen molar-refractivity contribution >= 4 is 11.4 Å². The largest absolute Gasteiger partial charge is 0.385 e. The average molecular weight is 269 g/mol. The van der Waals surface area contributed by atoms with Crippen molar-refractivity contribution in [2.24, 2.45) is 0 Å². The van der Waals surface area contributed by atoms with Crippen LogP contribution in [-0.2, 0) is 0 Å². The lowest BCUT2D eigenvalue weighted by Crippen LogP contribution is -2.25. The number of non-ortho nitro benzene ring substituents is 1. The molecule has 0 bridgehead atoms. The van der Waals surface area contributed by atoms with Gasteiger partial charge in [-0.2, -0.15) is 0 Å². The Morgan fingerprint density at radius 1 is 1.32 bits per heavy atom. The Hall–Kier alpha value is -1.69. The molecule has 1 aromatic rings. The van der Waals surface area contributed by atoms with E-state index in [1.165, 1.54) is 12.1 Å². The highest BCUT2D eigenvalue weighted by Gasteiger charge is 2.09. The Balaban J connectivity index is 2.47. The van der Waals surface area contributed by atoms with Crippen LogP contribution in [0.25, 0.3) is 0 Å². The van der Waals surface area contributed by atoms with Crippen LogP contribution < -0.4 is 5.32 Å². The van der Waals surface area contributed by atoms with Gasteiger partial charge in [0.2, 0.25) is 0 Å². The number of nitro benzene ring substituents is 1. The van der Waals surface area contributed by atoms with Crippen LogP contribution >= 0.6 is 0 Å². The van der Waals surface area contributed by atoms with E-state index in [1.54, 1.807) is 0 Å². The van der Waals surface area contributed by atoms with Gasteiger partial charge in [-0.05, 0) is 32.1 Å². The topological polar surface area (TPSA) is 58.4 Å². The second kappa shape index (κ2) is 7.68. The van der Waals surface area contributed by atoms with Crippen molar-refractivity contribution in [1.29, 1.82) is 0 Å². The van der Waals surface area contributed by atoms with E-state index < -0.39 is 10.7 Å². The third-order valence-corrected chi connectivity index (χ3v) is 2.97. The summed E-state index contributed by atoms with van der Waals surface area (Å²) in [5.41, 5.74) is 0.220. The van der Waals surface area contributed by atoms with Crippen molar-refractivity contribution in [2.75, 3.05) is 31.5 Å². The fourth-order valence-electron chi connectivity index (χ4n) is 1.86. The van der Waals surface area contributed by atoms with Gasteiger partial charge < -0.3 is 10.2 Å². The zero-order valence-electron chi connectivity index (χ0n) is 11.4. The summed E-state index contributed by atoms with van der Waals surface area (Å²) in [6.07, 6.45) is 0.909. The number of benzene rings is 1. The summed E-state index contributed by atoms with van der Waals surface area (Å²) in [5, 5.41) is 13.6. The molecule has 19 heavy (non-hydrogen) atoms. The normalized spacial score (nSPS) is 10.7. The smallest absolute Gasteiger partial charge is 0.274 e. The second-order valence-electron chi connectivity index (χ2n) is 4.26. The Morgan fingerprint density at radius 2 is 2.00 bits per heavy atom. The second-order valence-corrected chi connectivity index (χ2v) is 4.26. The zero-order chi connectivity index (χ0) is 14.3. The van der Waals surface area contributed by atoms with Crippen molar-refractivity contribution in [3.63, 3.8) is 0 Å². The first-order valence-corrected chi connectivity index (χ1v) is 6.48. The van der Waals surface area contributed by atoms with Crippen LogP contribution in [-0.4, -0.2) is 36.0 Å². The van der Waals surface area contributed by atoms with Crippen molar-refractivity contribution in [3.05, 3.63) is 34.1 Å². The number of nitrogens with zero attached hydrogens (tertiary/aromatic N) is 2. The van der Waals surface area contributed by atoms with Gasteiger partial charge in [0.25, 0.3) is 5.69 Å². The van der Waals surface area contributed by atoms with Gasteiger partial charge >= 0.3 is 0 Å². The molecule has 0 amide bonds. The summed E-state index contributed by atoms with van der Waals surface area (Å²) in [5.74, 6) is -0.597. The van der Waals surface area contributed by atoms with Gasteiger partial charge in [-0.15, -0.1) is 0 Å². The van der Waals surface area contributed by atoms with Gasteiger partial charge in [0.05, 0.1) is 11.0 Å². The molecule has 0 aliphatic heterocycles. The number of hydrogen-bond donors (Lipinski definition) is 1. The van der Waals surface area contributed by atoms with Gasteiger partial charge in [0.15, 0.2) is 0 Å². The van der Waals surface area contributed by atoms with E-state index >= 15 is 0 Å². The van der Waals surface area contributed by atoms with E-state index in [0.29, 0.717) is 12.2 Å². The van der Waals surface area contributed by atoms with Gasteiger partial charge in [-0.25, -0.2) is 4.39 Å². The maximum atomic E-state index is 13.2. The molecule has 0 saturated heterocycles. The van der Waals surface area contributed by atoms with E-state index in [0.717, 1.165) is 32.1 Å². The fourth-order valence-corrected chi connectivity index (χ4v) is 1.86. The molecule has 0 aromatic heterocycles. The van der Waals surface area contributed by atoms with E-state index in [-0.39, 0.29) is 5.69 Å². The molecule has 0 spiro atoms. The average Bonchev–Trinajstić information content (AvgIpc) is 2.38. The number of rotatable bonds is 8. The van der Waals surface area contributed by atoms with Crippen molar-refractivity contribution in [2.45, 2.75) is 20.3 Å². The van der Waals surface area contributed by atoms with Crippen molar-refractivity contribution < 1.29 is 9.31 Å². The predicted octanol–water partition coefficient (Wildman–Crippen LogP) is 2.88. The molecule has 0 aliphatic carbocycles. The molecule has 5 nitrogen and oxygen atoms in total. The number of hydrogen-bond acceptors (Lipinski definition) is 4. The molecule has 0 aliphatic rings. The van der Waals surface area contributed by atoms with E-state index in [2.05, 4.69) is 24.1 Å². The monoisotopic (exact) mass is 269 g/mol. The Kier molecular flexibility index (Phi) is 6.21. The van der Waals surface area contributed by atoms with Crippen LogP contribution in [0.15, 0.2) is 18.2 Å². The van der Waals surface area contributed by atoms with Crippen molar-refractivity contribution in [1.82, 2.24) is 4.90 Å². The summed E-state index contributed by atoms with van der Waals surface area (Å²) in [6, 6.07) is 3.53. The van der Waals surface area contributed by atoms with Crippen LogP contribution in [0.4, 0.5) is 15.8 Å². The first-order valence-electron chi connectivity index (χ1n) is 6.48. The number of halogens is 1. The molecule has 0 unspecified atom stereocenters. The van der Waals surface area contributed by atoms with Crippen LogP contribution in [0.1, 0.15) is 20.3 Å². The minimum atomic E-state index is -0.597. The fraction of sp³-hybridized carbons (Fsp3) is 0.538. The number of nitrogens with one attached hydrogen (secondary N) is 1. The van der Waals surface area contributed by atoms with Crippen LogP contribution in [0.5, 0.6) is 0 Å². The zero-order valence-corrected chi connectivity index (χ0v) is 11.4. The maximum absolute atomic E-state index is 13.2. The summed E-state index contributed by atoms with van der Waals surface area (Å²) in [4.78, 5) is 12.3. The third-order valence-electron chi connectivity index (χ3n) is 2.97. The van der Waals surface area contributed by atoms with E-state index in [1.807, 2.05) is 0 Å². The Morgan fingerprint density at radius 3 is 2.58 bits per heavy atom. The third kappa shape index (κ3) is 5.21. The molecular formula is C13H20FN3O2. The van der Waals surface area contributed by atoms with Crippen molar-refractivity contribution in [3.8, 4) is 0 Å². The van der Waals surface area contributed by atoms with Gasteiger partial charge in [-0.1, -0.05) is 13.8 Å². The van der Waals surface area contributed by atoms with Crippen LogP contribution in [0.3, 0.4) is 0 Å². The molecule has 0 atom stereocenters. The summed E-state index contributed by atoms with van der Waals surface area (Å²) in [6.45, 7) is 7.83. The molecule has 106 valence electrons. The lowest BCUT2D eigenvalue weighted by molar-refractivity contribution is -0.385. The lowest BCUT2D eigenvalue weighted by atomic mass is 10.2. The molecular weight excluding hydrogens is 249 g/mol. The maximum Gasteiger partial charge on any atom is 0.274 e. The lowest BCUT2D eigenvalue weighted by Gasteiger charge is -2.17. The Bertz CT molecular complexity index is 422. The van der Waals surface area contributed by atoms with Crippen LogP contribution in [0.2, 0.25) is 0 Å². The highest BCUT2D eigenvalue weighted by molar-refractivity contribution is 5.51. The quantitative estimate of drug-likeness (QED) is 0.448. The first kappa shape index (κ1) is 15.4. The molecule has 1 rings (SSSR count). The molecule has 1 aromatic carbocycles. The van der Waals surface area contributed by atoms with E-state index in [4.69, 9.17) is 0 Å². The highest BCUT2D eigenvalue weighted by atomic mass is 19.1. The number of anilines is 1.